The van der Waals surface area contributed by atoms with Crippen molar-refractivity contribution >= 4 is 39.8 Å². The fourth-order valence-electron chi connectivity index (χ4n) is 2.94. The molecule has 176 valence electrons. The number of rotatable bonds is 7. The Bertz CT molecular complexity index is 1340. The van der Waals surface area contributed by atoms with E-state index in [1.807, 2.05) is 0 Å². The summed E-state index contributed by atoms with van der Waals surface area (Å²) in [4.78, 5) is 8.36. The van der Waals surface area contributed by atoms with Gasteiger partial charge in [0.25, 0.3) is 0 Å². The van der Waals surface area contributed by atoms with Crippen molar-refractivity contribution in [2.45, 2.75) is 30.9 Å². The maximum atomic E-state index is 12.4. The molecule has 0 spiro atoms. The molecule has 0 amide bonds. The second-order valence-corrected chi connectivity index (χ2v) is 10.1. The second-order valence-electron chi connectivity index (χ2n) is 7.62. The summed E-state index contributed by atoms with van der Waals surface area (Å²) in [5.74, 6) is 0.0631. The third-order valence-corrected chi connectivity index (χ3v) is 7.17. The number of nitrogens with zero attached hydrogens (tertiary/aromatic N) is 3. The molecule has 2 aromatic rings. The molecule has 2 aromatic carbocycles. The molecule has 0 saturated heterocycles. The van der Waals surface area contributed by atoms with E-state index < -0.39 is 15.1 Å². The van der Waals surface area contributed by atoms with Gasteiger partial charge in [0.2, 0.25) is 11.8 Å². The number of nitrogens with two attached hydrogens (primary N) is 1. The lowest BCUT2D eigenvalue weighted by Crippen LogP contribution is -2.14. The van der Waals surface area contributed by atoms with Crippen molar-refractivity contribution in [1.29, 1.82) is 10.8 Å². The van der Waals surface area contributed by atoms with Gasteiger partial charge in [-0.15, -0.1) is 5.10 Å². The minimum atomic E-state index is -3.38. The van der Waals surface area contributed by atoms with Crippen LogP contribution in [0.5, 0.6) is 0 Å². The Kier molecular flexibility index (Phi) is 7.06. The SMILES string of the molecule is C=NC(=N)C(N=C(C)c1ccc(S(=O)(=O)C(C)C)cc1)=C1NN=C(c2ccc(C(=N)N)cc2)O1. The molecule has 0 bridgehead atoms. The summed E-state index contributed by atoms with van der Waals surface area (Å²) in [5.41, 5.74) is 10.6. The number of nitrogen functional groups attached to an aromatic ring is 1. The van der Waals surface area contributed by atoms with Crippen molar-refractivity contribution < 1.29 is 13.2 Å². The molecule has 11 heteroatoms. The van der Waals surface area contributed by atoms with Gasteiger partial charge in [-0.05, 0) is 57.3 Å². The Morgan fingerprint density at radius 2 is 1.68 bits per heavy atom. The van der Waals surface area contributed by atoms with E-state index in [1.54, 1.807) is 57.2 Å². The number of amidine groups is 2. The Balaban J connectivity index is 1.90. The number of hydrogen-bond donors (Lipinski definition) is 4. The molecule has 0 aliphatic carbocycles. The van der Waals surface area contributed by atoms with Gasteiger partial charge in [0, 0.05) is 16.8 Å². The highest BCUT2D eigenvalue weighted by molar-refractivity contribution is 7.92. The van der Waals surface area contributed by atoms with Gasteiger partial charge in [-0.25, -0.2) is 23.8 Å². The number of benzene rings is 2. The zero-order chi connectivity index (χ0) is 25.0. The number of hydrazone groups is 1. The van der Waals surface area contributed by atoms with Crippen LogP contribution in [0.3, 0.4) is 0 Å². The molecular formula is C23H25N7O3S. The summed E-state index contributed by atoms with van der Waals surface area (Å²) < 4.78 is 30.5. The number of hydrogen-bond acceptors (Lipinski definition) is 8. The van der Waals surface area contributed by atoms with E-state index in [1.165, 1.54) is 12.1 Å². The first-order chi connectivity index (χ1) is 16.0. The monoisotopic (exact) mass is 479 g/mol. The van der Waals surface area contributed by atoms with Crippen molar-refractivity contribution in [1.82, 2.24) is 5.43 Å². The molecule has 0 radical (unpaired) electrons. The van der Waals surface area contributed by atoms with Crippen LogP contribution >= 0.6 is 0 Å². The molecule has 1 aliphatic rings. The van der Waals surface area contributed by atoms with E-state index in [0.29, 0.717) is 22.4 Å². The zero-order valence-electron chi connectivity index (χ0n) is 19.0. The molecule has 0 atom stereocenters. The fraction of sp³-hybridized carbons (Fsp3) is 0.174. The number of nitrogens with one attached hydrogen (secondary N) is 3. The van der Waals surface area contributed by atoms with E-state index in [9.17, 15) is 8.42 Å². The summed E-state index contributed by atoms with van der Waals surface area (Å²) in [6, 6.07) is 13.1. The molecule has 10 nitrogen and oxygen atoms in total. The minimum absolute atomic E-state index is 0.0491. The molecule has 34 heavy (non-hydrogen) atoms. The topological polar surface area (TPSA) is 166 Å². The molecule has 1 heterocycles. The van der Waals surface area contributed by atoms with E-state index in [4.69, 9.17) is 21.3 Å². The maximum Gasteiger partial charge on any atom is 0.245 e. The first kappa shape index (κ1) is 24.5. The largest absolute Gasteiger partial charge is 0.417 e. The normalized spacial score (nSPS) is 15.3. The molecule has 3 rings (SSSR count). The fourth-order valence-corrected chi connectivity index (χ4v) is 4.00. The van der Waals surface area contributed by atoms with Crippen LogP contribution in [-0.4, -0.2) is 43.7 Å². The van der Waals surface area contributed by atoms with Crippen molar-refractivity contribution in [3.05, 3.63) is 76.8 Å². The molecule has 1 aliphatic heterocycles. The molecule has 0 saturated carbocycles. The number of ether oxygens (including phenoxy) is 1. The van der Waals surface area contributed by atoms with Gasteiger partial charge in [0.05, 0.1) is 10.1 Å². The van der Waals surface area contributed by atoms with Gasteiger partial charge in [-0.2, -0.15) is 0 Å². The van der Waals surface area contributed by atoms with Crippen LogP contribution < -0.4 is 11.2 Å². The first-order valence-electron chi connectivity index (χ1n) is 10.2. The van der Waals surface area contributed by atoms with Gasteiger partial charge < -0.3 is 10.5 Å². The zero-order valence-corrected chi connectivity index (χ0v) is 19.8. The van der Waals surface area contributed by atoms with Crippen LogP contribution in [0.4, 0.5) is 0 Å². The molecule has 0 aromatic heterocycles. The third-order valence-electron chi connectivity index (χ3n) is 5.00. The summed E-state index contributed by atoms with van der Waals surface area (Å²) in [7, 11) is -3.38. The predicted molar refractivity (Wildman–Crippen MR) is 133 cm³/mol. The van der Waals surface area contributed by atoms with Crippen LogP contribution in [0.25, 0.3) is 0 Å². The maximum absolute atomic E-state index is 12.4. The molecular weight excluding hydrogens is 454 g/mol. The van der Waals surface area contributed by atoms with Crippen LogP contribution in [0.2, 0.25) is 0 Å². The summed E-state index contributed by atoms with van der Waals surface area (Å²) in [6.45, 7) is 8.38. The van der Waals surface area contributed by atoms with E-state index in [0.717, 1.165) is 0 Å². The Hall–Kier alpha value is -4.12. The van der Waals surface area contributed by atoms with Crippen molar-refractivity contribution in [3.63, 3.8) is 0 Å². The highest BCUT2D eigenvalue weighted by Crippen LogP contribution is 2.20. The lowest BCUT2D eigenvalue weighted by molar-refractivity contribution is 0.412. The van der Waals surface area contributed by atoms with Crippen molar-refractivity contribution in [2.24, 2.45) is 20.8 Å². The number of aliphatic imine (C=N–C) groups is 2. The van der Waals surface area contributed by atoms with Crippen LogP contribution in [0, 0.1) is 10.8 Å². The molecule has 0 unspecified atom stereocenters. The number of sulfone groups is 1. The van der Waals surface area contributed by atoms with Crippen molar-refractivity contribution in [3.8, 4) is 0 Å². The lowest BCUT2D eigenvalue weighted by Gasteiger charge is -2.10. The van der Waals surface area contributed by atoms with Gasteiger partial charge in [0.15, 0.2) is 21.4 Å². The molecule has 5 N–H and O–H groups in total. The van der Waals surface area contributed by atoms with Crippen LogP contribution in [0.1, 0.15) is 37.5 Å². The summed E-state index contributed by atoms with van der Waals surface area (Å²) >= 11 is 0. The van der Waals surface area contributed by atoms with Crippen LogP contribution in [0.15, 0.2) is 80.1 Å². The minimum Gasteiger partial charge on any atom is -0.417 e. The standard InChI is InChI=1S/C23H25N7O3S/c1-13(2)34(31,32)18-11-9-15(10-12-18)14(3)28-19(21(26)27-4)23-30-29-22(33-23)17-7-5-16(6-8-17)20(24)25/h5-13,26,30H,4H2,1-3H3,(H3,24,25). The Morgan fingerprint density at radius 3 is 2.21 bits per heavy atom. The highest BCUT2D eigenvalue weighted by atomic mass is 32.2. The summed E-state index contributed by atoms with van der Waals surface area (Å²) in [6.07, 6.45) is 0. The lowest BCUT2D eigenvalue weighted by atomic mass is 10.1. The van der Waals surface area contributed by atoms with Gasteiger partial charge in [-0.1, -0.05) is 24.3 Å². The van der Waals surface area contributed by atoms with E-state index in [2.05, 4.69) is 27.2 Å². The van der Waals surface area contributed by atoms with Crippen LogP contribution in [-0.2, 0) is 14.6 Å². The Morgan fingerprint density at radius 1 is 1.09 bits per heavy atom. The van der Waals surface area contributed by atoms with Gasteiger partial charge in [0.1, 0.15) is 5.84 Å². The average Bonchev–Trinajstić information content (AvgIpc) is 3.31. The quantitative estimate of drug-likeness (QED) is 0.353. The predicted octanol–water partition coefficient (Wildman–Crippen LogP) is 2.79. The van der Waals surface area contributed by atoms with E-state index >= 15 is 0 Å². The molecule has 0 fully saturated rings. The Labute approximate surface area is 197 Å². The smallest absolute Gasteiger partial charge is 0.245 e. The highest BCUT2D eigenvalue weighted by Gasteiger charge is 2.23. The second kappa shape index (κ2) is 9.79. The first-order valence-corrected chi connectivity index (χ1v) is 11.7. The third kappa shape index (κ3) is 5.09. The van der Waals surface area contributed by atoms with E-state index in [-0.39, 0.29) is 34.0 Å². The van der Waals surface area contributed by atoms with Gasteiger partial charge >= 0.3 is 0 Å². The van der Waals surface area contributed by atoms with Crippen molar-refractivity contribution in [2.75, 3.05) is 0 Å². The average molecular weight is 480 g/mol. The summed E-state index contributed by atoms with van der Waals surface area (Å²) in [5, 5.41) is 19.2. The van der Waals surface area contributed by atoms with Gasteiger partial charge in [-0.3, -0.25) is 10.8 Å².